The maximum atomic E-state index is 13.5. The Balaban J connectivity index is 1.73. The second-order valence-electron chi connectivity index (χ2n) is 11.4. The van der Waals surface area contributed by atoms with Crippen LogP contribution in [0.4, 0.5) is 5.82 Å². The van der Waals surface area contributed by atoms with Crippen LogP contribution in [0.5, 0.6) is 0 Å². The van der Waals surface area contributed by atoms with Crippen molar-refractivity contribution in [1.82, 2.24) is 20.6 Å². The van der Waals surface area contributed by atoms with Crippen LogP contribution in [0, 0.1) is 19.3 Å². The van der Waals surface area contributed by atoms with Gasteiger partial charge in [0.1, 0.15) is 5.82 Å². The van der Waals surface area contributed by atoms with Crippen molar-refractivity contribution in [3.63, 3.8) is 0 Å². The number of carbonyl (C=O) groups excluding carboxylic acids is 1. The van der Waals surface area contributed by atoms with Crippen molar-refractivity contribution in [2.45, 2.75) is 90.9 Å². The van der Waals surface area contributed by atoms with Gasteiger partial charge in [0.15, 0.2) is 0 Å². The number of H-pyrrole nitrogens is 1. The minimum Gasteiger partial charge on any atom is -0.367 e. The number of carbonyl (C=O) groups is 1. The van der Waals surface area contributed by atoms with E-state index in [9.17, 15) is 9.59 Å². The summed E-state index contributed by atoms with van der Waals surface area (Å²) in [5.74, 6) is 0.234. The molecule has 0 bridgehead atoms. The zero-order chi connectivity index (χ0) is 26.3. The fraction of sp³-hybridized carbons (Fsp3) is 0.500. The first-order chi connectivity index (χ1) is 16.9. The molecular formula is C28H38N6O2. The van der Waals surface area contributed by atoms with E-state index in [1.165, 1.54) is 6.21 Å². The Morgan fingerprint density at radius 2 is 1.94 bits per heavy atom. The Hall–Kier alpha value is -3.26. The summed E-state index contributed by atoms with van der Waals surface area (Å²) in [6.45, 7) is 12.4. The molecule has 8 nitrogen and oxygen atoms in total. The number of hydrogen-bond acceptors (Lipinski definition) is 6. The lowest BCUT2D eigenvalue weighted by molar-refractivity contribution is 0.0950. The summed E-state index contributed by atoms with van der Waals surface area (Å²) >= 11 is 0. The van der Waals surface area contributed by atoms with Gasteiger partial charge in [-0.05, 0) is 90.5 Å². The summed E-state index contributed by atoms with van der Waals surface area (Å²) in [5.41, 5.74) is 4.22. The highest BCUT2D eigenvalue weighted by Gasteiger charge is 2.34. The molecule has 8 heteroatoms. The first-order valence-corrected chi connectivity index (χ1v) is 12.7. The number of hydrogen-bond donors (Lipinski definition) is 5. The predicted molar refractivity (Wildman–Crippen MR) is 145 cm³/mol. The van der Waals surface area contributed by atoms with E-state index in [0.717, 1.165) is 48.2 Å². The second kappa shape index (κ2) is 9.65. The zero-order valence-corrected chi connectivity index (χ0v) is 22.2. The van der Waals surface area contributed by atoms with Crippen LogP contribution >= 0.6 is 0 Å². The van der Waals surface area contributed by atoms with Gasteiger partial charge in [0, 0.05) is 46.7 Å². The zero-order valence-electron chi connectivity index (χ0n) is 22.2. The van der Waals surface area contributed by atoms with Crippen molar-refractivity contribution in [2.24, 2.45) is 0 Å². The van der Waals surface area contributed by atoms with Gasteiger partial charge in [0.2, 0.25) is 0 Å². The van der Waals surface area contributed by atoms with E-state index in [4.69, 9.17) is 10.4 Å². The van der Waals surface area contributed by atoms with Crippen LogP contribution in [0.1, 0.15) is 91.8 Å². The van der Waals surface area contributed by atoms with Crippen LogP contribution in [-0.2, 0) is 6.54 Å². The van der Waals surface area contributed by atoms with Crippen molar-refractivity contribution in [3.05, 3.63) is 62.2 Å². The molecule has 1 aliphatic carbocycles. The smallest absolute Gasteiger partial charge is 0.253 e. The fourth-order valence-electron chi connectivity index (χ4n) is 5.35. The highest BCUT2D eigenvalue weighted by molar-refractivity contribution is 6.05. The molecule has 0 aromatic carbocycles. The maximum Gasteiger partial charge on any atom is 0.253 e. The standard InChI is InChI=1S/C28H38N6O2/c1-16-10-17(2)31-26(36)22(16)15-30-25(35)20-11-23(18-12-27(3,4)34-28(5,6)13-18)33-24(21(20)14-29)32-19-8-7-9-19/h10-12,14,19,29,34H,7-9,13,15H2,1-6H3,(H,30,35)(H,31,36)(H,32,33). The van der Waals surface area contributed by atoms with E-state index in [1.54, 1.807) is 6.07 Å². The van der Waals surface area contributed by atoms with Crippen LogP contribution in [0.2, 0.25) is 0 Å². The topological polar surface area (TPSA) is 123 Å². The number of amides is 1. The Bertz CT molecular complexity index is 1280. The molecule has 0 saturated heterocycles. The molecular weight excluding hydrogens is 452 g/mol. The van der Waals surface area contributed by atoms with E-state index in [1.807, 2.05) is 19.9 Å². The summed E-state index contributed by atoms with van der Waals surface area (Å²) in [4.78, 5) is 33.7. The maximum absolute atomic E-state index is 13.5. The number of nitrogens with zero attached hydrogens (tertiary/aromatic N) is 1. The van der Waals surface area contributed by atoms with E-state index in [0.29, 0.717) is 28.6 Å². The highest BCUT2D eigenvalue weighted by Crippen LogP contribution is 2.35. The van der Waals surface area contributed by atoms with Crippen LogP contribution in [-0.4, -0.2) is 39.2 Å². The summed E-state index contributed by atoms with van der Waals surface area (Å²) in [7, 11) is 0. The third-order valence-corrected chi connectivity index (χ3v) is 6.97. The first kappa shape index (κ1) is 25.8. The Labute approximate surface area is 212 Å². The SMILES string of the molecule is Cc1cc(C)c(CNC(=O)c2cc(C3=CC(C)(C)NC(C)(C)C3)nc(NC3CCC3)c2C=N)c(=O)[nH]1. The minimum atomic E-state index is -0.332. The van der Waals surface area contributed by atoms with Crippen molar-refractivity contribution in [3.8, 4) is 0 Å². The van der Waals surface area contributed by atoms with E-state index >= 15 is 0 Å². The van der Waals surface area contributed by atoms with Gasteiger partial charge in [-0.15, -0.1) is 0 Å². The third-order valence-electron chi connectivity index (χ3n) is 6.97. The summed E-state index contributed by atoms with van der Waals surface area (Å²) < 4.78 is 0. The Morgan fingerprint density at radius 1 is 1.22 bits per heavy atom. The molecule has 0 unspecified atom stereocenters. The van der Waals surface area contributed by atoms with E-state index in [2.05, 4.69) is 54.7 Å². The number of anilines is 1. The number of nitrogens with one attached hydrogen (secondary N) is 5. The van der Waals surface area contributed by atoms with E-state index < -0.39 is 0 Å². The average molecular weight is 491 g/mol. The molecule has 4 rings (SSSR count). The van der Waals surface area contributed by atoms with E-state index in [-0.39, 0.29) is 29.1 Å². The molecule has 192 valence electrons. The van der Waals surface area contributed by atoms with Gasteiger partial charge >= 0.3 is 0 Å². The Morgan fingerprint density at radius 3 is 2.53 bits per heavy atom. The summed E-state index contributed by atoms with van der Waals surface area (Å²) in [6.07, 6.45) is 7.39. The van der Waals surface area contributed by atoms with Gasteiger partial charge in [-0.3, -0.25) is 9.59 Å². The van der Waals surface area contributed by atoms with Gasteiger partial charge in [0.25, 0.3) is 11.5 Å². The van der Waals surface area contributed by atoms with Crippen LogP contribution in [0.15, 0.2) is 23.0 Å². The van der Waals surface area contributed by atoms with Crippen LogP contribution in [0.3, 0.4) is 0 Å². The molecule has 0 radical (unpaired) electrons. The Kier molecular flexibility index (Phi) is 6.92. The van der Waals surface area contributed by atoms with Gasteiger partial charge in [-0.2, -0.15) is 0 Å². The quantitative estimate of drug-likeness (QED) is 0.372. The fourth-order valence-corrected chi connectivity index (χ4v) is 5.35. The number of aromatic nitrogens is 2. The molecule has 36 heavy (non-hydrogen) atoms. The molecule has 1 aliphatic heterocycles. The normalized spacial score (nSPS) is 18.7. The van der Waals surface area contributed by atoms with Crippen LogP contribution < -0.4 is 21.5 Å². The summed E-state index contributed by atoms with van der Waals surface area (Å²) in [6, 6.07) is 3.98. The van der Waals surface area contributed by atoms with Crippen LogP contribution in [0.25, 0.3) is 5.57 Å². The molecule has 3 heterocycles. The molecule has 1 fully saturated rings. The molecule has 1 amide bonds. The van der Waals surface area contributed by atoms with Crippen molar-refractivity contribution >= 4 is 23.5 Å². The molecule has 0 spiro atoms. The largest absolute Gasteiger partial charge is 0.367 e. The third kappa shape index (κ3) is 5.59. The average Bonchev–Trinajstić information content (AvgIpc) is 2.72. The highest BCUT2D eigenvalue weighted by atomic mass is 16.1. The lowest BCUT2D eigenvalue weighted by Crippen LogP contribution is -2.53. The first-order valence-electron chi connectivity index (χ1n) is 12.7. The second-order valence-corrected chi connectivity index (χ2v) is 11.4. The number of aryl methyl sites for hydroxylation is 2. The molecule has 2 aromatic heterocycles. The van der Waals surface area contributed by atoms with Gasteiger partial charge in [-0.25, -0.2) is 4.98 Å². The monoisotopic (exact) mass is 490 g/mol. The lowest BCUT2D eigenvalue weighted by Gasteiger charge is -2.41. The van der Waals surface area contributed by atoms with Gasteiger partial charge in [-0.1, -0.05) is 6.08 Å². The van der Waals surface area contributed by atoms with Crippen molar-refractivity contribution in [2.75, 3.05) is 5.32 Å². The summed E-state index contributed by atoms with van der Waals surface area (Å²) in [5, 5.41) is 18.1. The number of rotatable bonds is 7. The van der Waals surface area contributed by atoms with Crippen molar-refractivity contribution < 1.29 is 4.79 Å². The number of aromatic amines is 1. The van der Waals surface area contributed by atoms with Crippen molar-refractivity contribution in [1.29, 1.82) is 5.41 Å². The molecule has 2 aliphatic rings. The molecule has 5 N–H and O–H groups in total. The van der Waals surface area contributed by atoms with Gasteiger partial charge < -0.3 is 26.3 Å². The molecule has 0 atom stereocenters. The van der Waals surface area contributed by atoms with Gasteiger partial charge in [0.05, 0.1) is 11.3 Å². The molecule has 1 saturated carbocycles. The predicted octanol–water partition coefficient (Wildman–Crippen LogP) is 4.21. The lowest BCUT2D eigenvalue weighted by atomic mass is 9.82. The minimum absolute atomic E-state index is 0.105. The molecule has 2 aromatic rings. The number of pyridine rings is 2.